The molecule has 7 heteroatoms. The van der Waals surface area contributed by atoms with Gasteiger partial charge in [0.25, 0.3) is 5.91 Å². The van der Waals surface area contributed by atoms with Crippen molar-refractivity contribution in [3.63, 3.8) is 0 Å². The molecular formula is C27H27ClN2O4. The minimum atomic E-state index is -0.296. The van der Waals surface area contributed by atoms with Crippen LogP contribution in [0.2, 0.25) is 5.02 Å². The van der Waals surface area contributed by atoms with E-state index < -0.39 is 0 Å². The van der Waals surface area contributed by atoms with Crippen LogP contribution in [0.25, 0.3) is 22.2 Å². The van der Waals surface area contributed by atoms with Crippen molar-refractivity contribution in [3.05, 3.63) is 71.2 Å². The lowest BCUT2D eigenvalue weighted by atomic mass is 10.1. The maximum Gasteiger partial charge on any atom is 0.255 e. The second-order valence-corrected chi connectivity index (χ2v) is 7.93. The van der Waals surface area contributed by atoms with Crippen molar-refractivity contribution >= 4 is 34.1 Å². The molecule has 176 valence electrons. The van der Waals surface area contributed by atoms with Crippen molar-refractivity contribution in [2.45, 2.75) is 20.8 Å². The van der Waals surface area contributed by atoms with E-state index in [0.717, 1.165) is 22.2 Å². The molecule has 0 bridgehead atoms. The van der Waals surface area contributed by atoms with Crippen LogP contribution in [0.3, 0.4) is 0 Å². The van der Waals surface area contributed by atoms with Gasteiger partial charge in [-0.1, -0.05) is 29.8 Å². The average molecular weight is 479 g/mol. The number of ether oxygens (including phenoxy) is 3. The lowest BCUT2D eigenvalue weighted by Crippen LogP contribution is -2.13. The van der Waals surface area contributed by atoms with E-state index >= 15 is 0 Å². The molecule has 2 N–H and O–H groups in total. The molecule has 0 aliphatic rings. The Labute approximate surface area is 203 Å². The fraction of sp³-hybridized carbons (Fsp3) is 0.222. The number of hydrogen-bond acceptors (Lipinski definition) is 4. The summed E-state index contributed by atoms with van der Waals surface area (Å²) in [6.07, 6.45) is 0. The largest absolute Gasteiger partial charge is 0.490 e. The molecular weight excluding hydrogens is 452 g/mol. The van der Waals surface area contributed by atoms with Crippen molar-refractivity contribution in [1.82, 2.24) is 4.98 Å². The predicted molar refractivity (Wildman–Crippen MR) is 137 cm³/mol. The summed E-state index contributed by atoms with van der Waals surface area (Å²) in [6.45, 7) is 6.96. The van der Waals surface area contributed by atoms with Crippen molar-refractivity contribution in [1.29, 1.82) is 0 Å². The zero-order chi connectivity index (χ0) is 24.1. The third-order valence-corrected chi connectivity index (χ3v) is 5.55. The van der Waals surface area contributed by atoms with Gasteiger partial charge in [-0.2, -0.15) is 0 Å². The number of carbonyl (C=O) groups excluding carboxylic acids is 1. The standard InChI is InChI=1S/C27H27ClN2O4/c1-4-32-24-14-18(15-25(33-5-2)26(24)34-6-3)27(31)29-19-11-12-21(28)20(16-19)23-13-17-9-7-8-10-22(17)30-23/h7-16,30H,4-6H2,1-3H3,(H,29,31). The predicted octanol–water partition coefficient (Wildman–Crippen LogP) is 6.94. The first kappa shape index (κ1) is 23.5. The molecule has 4 aromatic rings. The summed E-state index contributed by atoms with van der Waals surface area (Å²) in [7, 11) is 0. The number of H-pyrrole nitrogens is 1. The number of halogens is 1. The Morgan fingerprint density at radius 1 is 0.882 bits per heavy atom. The van der Waals surface area contributed by atoms with E-state index in [2.05, 4.69) is 10.3 Å². The van der Waals surface area contributed by atoms with Gasteiger partial charge in [-0.15, -0.1) is 0 Å². The Bertz CT molecular complexity index is 1260. The fourth-order valence-corrected chi connectivity index (χ4v) is 3.97. The smallest absolute Gasteiger partial charge is 0.255 e. The molecule has 0 saturated heterocycles. The number of nitrogens with one attached hydrogen (secondary N) is 2. The third-order valence-electron chi connectivity index (χ3n) is 5.22. The molecule has 0 aliphatic carbocycles. The summed E-state index contributed by atoms with van der Waals surface area (Å²) < 4.78 is 17.2. The van der Waals surface area contributed by atoms with Crippen molar-refractivity contribution in [2.24, 2.45) is 0 Å². The fourth-order valence-electron chi connectivity index (χ4n) is 3.75. The van der Waals surface area contributed by atoms with Crippen LogP contribution in [-0.2, 0) is 0 Å². The normalized spacial score (nSPS) is 10.8. The van der Waals surface area contributed by atoms with Crippen LogP contribution < -0.4 is 19.5 Å². The molecule has 4 rings (SSSR count). The van der Waals surface area contributed by atoms with Gasteiger partial charge in [0, 0.05) is 33.4 Å². The molecule has 1 amide bonds. The van der Waals surface area contributed by atoms with E-state index in [1.165, 1.54) is 0 Å². The van der Waals surface area contributed by atoms with Gasteiger partial charge in [0.1, 0.15) is 0 Å². The van der Waals surface area contributed by atoms with Crippen LogP contribution in [0.15, 0.2) is 60.7 Å². The number of fused-ring (bicyclic) bond motifs is 1. The van der Waals surface area contributed by atoms with Crippen LogP contribution in [0, 0.1) is 0 Å². The van der Waals surface area contributed by atoms with Gasteiger partial charge in [-0.25, -0.2) is 0 Å². The second-order valence-electron chi connectivity index (χ2n) is 7.52. The van der Waals surface area contributed by atoms with Gasteiger partial charge in [-0.3, -0.25) is 4.79 Å². The van der Waals surface area contributed by atoms with E-state index in [1.807, 2.05) is 57.2 Å². The van der Waals surface area contributed by atoms with Crippen LogP contribution in [0.4, 0.5) is 5.69 Å². The summed E-state index contributed by atoms with van der Waals surface area (Å²) in [5, 5.41) is 4.63. The number of amides is 1. The second kappa shape index (κ2) is 10.5. The summed E-state index contributed by atoms with van der Waals surface area (Å²) in [6, 6.07) is 18.8. The summed E-state index contributed by atoms with van der Waals surface area (Å²) in [4.78, 5) is 16.5. The van der Waals surface area contributed by atoms with Crippen LogP contribution in [-0.4, -0.2) is 30.7 Å². The van der Waals surface area contributed by atoms with Gasteiger partial charge >= 0.3 is 0 Å². The highest BCUT2D eigenvalue weighted by molar-refractivity contribution is 6.33. The van der Waals surface area contributed by atoms with E-state index in [9.17, 15) is 4.79 Å². The Morgan fingerprint density at radius 2 is 1.56 bits per heavy atom. The highest BCUT2D eigenvalue weighted by Crippen LogP contribution is 2.39. The minimum Gasteiger partial charge on any atom is -0.490 e. The monoisotopic (exact) mass is 478 g/mol. The summed E-state index contributed by atoms with van der Waals surface area (Å²) >= 11 is 6.49. The number of anilines is 1. The molecule has 0 radical (unpaired) electrons. The van der Waals surface area contributed by atoms with E-state index in [4.69, 9.17) is 25.8 Å². The van der Waals surface area contributed by atoms with Crippen molar-refractivity contribution in [2.75, 3.05) is 25.1 Å². The lowest BCUT2D eigenvalue weighted by Gasteiger charge is -2.17. The Balaban J connectivity index is 1.65. The molecule has 0 fully saturated rings. The molecule has 0 spiro atoms. The molecule has 3 aromatic carbocycles. The number of carbonyl (C=O) groups is 1. The number of aromatic amines is 1. The highest BCUT2D eigenvalue weighted by atomic mass is 35.5. The van der Waals surface area contributed by atoms with E-state index in [1.54, 1.807) is 24.3 Å². The first-order valence-corrected chi connectivity index (χ1v) is 11.7. The lowest BCUT2D eigenvalue weighted by molar-refractivity contribution is 0.102. The molecule has 1 heterocycles. The molecule has 34 heavy (non-hydrogen) atoms. The Hall–Kier alpha value is -3.64. The number of benzene rings is 3. The van der Waals surface area contributed by atoms with Crippen LogP contribution in [0.1, 0.15) is 31.1 Å². The quantitative estimate of drug-likeness (QED) is 0.273. The van der Waals surface area contributed by atoms with Gasteiger partial charge in [0.2, 0.25) is 5.75 Å². The molecule has 0 atom stereocenters. The summed E-state index contributed by atoms with van der Waals surface area (Å²) in [5.74, 6) is 1.14. The Kier molecular flexibility index (Phi) is 7.28. The van der Waals surface area contributed by atoms with Crippen molar-refractivity contribution < 1.29 is 19.0 Å². The van der Waals surface area contributed by atoms with Crippen LogP contribution in [0.5, 0.6) is 17.2 Å². The average Bonchev–Trinajstić information content (AvgIpc) is 3.26. The first-order valence-electron chi connectivity index (χ1n) is 11.3. The topological polar surface area (TPSA) is 72.6 Å². The molecule has 6 nitrogen and oxygen atoms in total. The van der Waals surface area contributed by atoms with Gasteiger partial charge in [-0.05, 0) is 63.2 Å². The zero-order valence-corrected chi connectivity index (χ0v) is 20.2. The number of hydrogen-bond donors (Lipinski definition) is 2. The van der Waals surface area contributed by atoms with Gasteiger partial charge < -0.3 is 24.5 Å². The van der Waals surface area contributed by atoms with Gasteiger partial charge in [0.05, 0.1) is 24.8 Å². The maximum absolute atomic E-state index is 13.2. The maximum atomic E-state index is 13.2. The minimum absolute atomic E-state index is 0.296. The number of aromatic nitrogens is 1. The van der Waals surface area contributed by atoms with Crippen molar-refractivity contribution in [3.8, 4) is 28.5 Å². The highest BCUT2D eigenvalue weighted by Gasteiger charge is 2.19. The first-order chi connectivity index (χ1) is 16.5. The SMILES string of the molecule is CCOc1cc(C(=O)Nc2ccc(Cl)c(-c3cc4ccccc4[nH]3)c2)cc(OCC)c1OCC. The summed E-state index contributed by atoms with van der Waals surface area (Å²) in [5.41, 5.74) is 3.71. The number of rotatable bonds is 9. The van der Waals surface area contributed by atoms with E-state index in [-0.39, 0.29) is 5.91 Å². The Morgan fingerprint density at radius 3 is 2.21 bits per heavy atom. The number of para-hydroxylation sites is 1. The van der Waals surface area contributed by atoms with E-state index in [0.29, 0.717) is 53.3 Å². The zero-order valence-electron chi connectivity index (χ0n) is 19.4. The molecule has 0 aliphatic heterocycles. The third kappa shape index (κ3) is 4.97. The van der Waals surface area contributed by atoms with Crippen LogP contribution >= 0.6 is 11.6 Å². The molecule has 1 aromatic heterocycles. The van der Waals surface area contributed by atoms with Gasteiger partial charge in [0.15, 0.2) is 11.5 Å². The molecule has 0 saturated carbocycles. The molecule has 0 unspecified atom stereocenters.